The Hall–Kier alpha value is -2.04. The maximum Gasteiger partial charge on any atom is 0.160 e. The number of rotatable bonds is 6. The van der Waals surface area contributed by atoms with E-state index in [9.17, 15) is 0 Å². The van der Waals surface area contributed by atoms with E-state index in [4.69, 9.17) is 9.47 Å². The molecule has 0 radical (unpaired) electrons. The lowest BCUT2D eigenvalue weighted by molar-refractivity contribution is 0.137. The third-order valence-corrected chi connectivity index (χ3v) is 5.72. The van der Waals surface area contributed by atoms with Crippen LogP contribution in [0.1, 0.15) is 57.3 Å². The Morgan fingerprint density at radius 2 is 1.92 bits per heavy atom. The topological polar surface area (TPSA) is 49.2 Å². The highest BCUT2D eigenvalue weighted by Gasteiger charge is 2.32. The first-order valence-electron chi connectivity index (χ1n) is 9.63. The average Bonchev–Trinajstić information content (AvgIpc) is 3.09. The van der Waals surface area contributed by atoms with Crippen molar-refractivity contribution in [2.75, 3.05) is 14.2 Å². The molecule has 0 aliphatic heterocycles. The molecule has 2 aromatic rings. The van der Waals surface area contributed by atoms with Gasteiger partial charge < -0.3 is 9.47 Å². The zero-order valence-corrected chi connectivity index (χ0v) is 16.6. The van der Waals surface area contributed by atoms with E-state index < -0.39 is 0 Å². The molecule has 0 unspecified atom stereocenters. The molecule has 1 heterocycles. The number of aromatic nitrogens is 3. The smallest absolute Gasteiger partial charge is 0.160 e. The van der Waals surface area contributed by atoms with Gasteiger partial charge in [-0.2, -0.15) is 0 Å². The summed E-state index contributed by atoms with van der Waals surface area (Å²) in [6.45, 7) is 7.01. The fourth-order valence-electron chi connectivity index (χ4n) is 4.21. The Bertz CT molecular complexity index is 726. The highest BCUT2D eigenvalue weighted by molar-refractivity contribution is 5.43. The van der Waals surface area contributed by atoms with Crippen molar-refractivity contribution in [2.24, 2.45) is 17.8 Å². The minimum absolute atomic E-state index is 0.463. The molecular formula is C21H31N3O2. The lowest BCUT2D eigenvalue weighted by Crippen LogP contribution is -2.30. The van der Waals surface area contributed by atoms with Crippen molar-refractivity contribution in [3.05, 3.63) is 35.7 Å². The minimum Gasteiger partial charge on any atom is -0.493 e. The van der Waals surface area contributed by atoms with Crippen LogP contribution >= 0.6 is 0 Å². The summed E-state index contributed by atoms with van der Waals surface area (Å²) in [6.07, 6.45) is 6.69. The van der Waals surface area contributed by atoms with E-state index in [0.29, 0.717) is 17.9 Å². The normalized spacial score (nSPS) is 23.2. The highest BCUT2D eigenvalue weighted by Crippen LogP contribution is 2.40. The largest absolute Gasteiger partial charge is 0.493 e. The third-order valence-electron chi connectivity index (χ3n) is 5.72. The van der Waals surface area contributed by atoms with Crippen LogP contribution in [0.3, 0.4) is 0 Å². The summed E-state index contributed by atoms with van der Waals surface area (Å²) in [5, 5.41) is 8.93. The number of hydrogen-bond donors (Lipinski definition) is 0. The zero-order chi connectivity index (χ0) is 18.7. The first-order chi connectivity index (χ1) is 12.5. The predicted molar refractivity (Wildman–Crippen MR) is 103 cm³/mol. The van der Waals surface area contributed by atoms with Crippen molar-refractivity contribution in [3.8, 4) is 11.5 Å². The molecule has 1 aromatic carbocycles. The van der Waals surface area contributed by atoms with Crippen molar-refractivity contribution < 1.29 is 9.47 Å². The highest BCUT2D eigenvalue weighted by atomic mass is 16.5. The number of hydrogen-bond acceptors (Lipinski definition) is 4. The van der Waals surface area contributed by atoms with E-state index in [1.54, 1.807) is 14.2 Å². The Labute approximate surface area is 156 Å². The fraction of sp³-hybridized carbons (Fsp3) is 0.619. The van der Waals surface area contributed by atoms with Gasteiger partial charge in [0.25, 0.3) is 0 Å². The first kappa shape index (κ1) is 18.7. The van der Waals surface area contributed by atoms with Gasteiger partial charge in [0.1, 0.15) is 0 Å². The van der Waals surface area contributed by atoms with Gasteiger partial charge in [-0.25, -0.2) is 4.68 Å². The quantitative estimate of drug-likeness (QED) is 0.763. The van der Waals surface area contributed by atoms with E-state index in [2.05, 4.69) is 48.0 Å². The predicted octanol–water partition coefficient (Wildman–Crippen LogP) is 4.52. The van der Waals surface area contributed by atoms with E-state index >= 15 is 0 Å². The molecule has 0 bridgehead atoms. The van der Waals surface area contributed by atoms with Crippen molar-refractivity contribution in [1.82, 2.24) is 15.0 Å². The van der Waals surface area contributed by atoms with Crippen LogP contribution in [0.25, 0.3) is 0 Å². The molecular weight excluding hydrogens is 326 g/mol. The number of methoxy groups -OCH3 is 2. The SMILES string of the molecule is COc1ccc(Cc2cn([C@@H]3C[C@H](C)CC[C@H]3C(C)C)nn2)cc1OC. The molecule has 142 valence electrons. The zero-order valence-electron chi connectivity index (χ0n) is 16.6. The molecule has 0 saturated heterocycles. The third kappa shape index (κ3) is 4.02. The van der Waals surface area contributed by atoms with Crippen LogP contribution in [-0.4, -0.2) is 29.2 Å². The van der Waals surface area contributed by atoms with E-state index in [1.807, 2.05) is 12.1 Å². The summed E-state index contributed by atoms with van der Waals surface area (Å²) in [4.78, 5) is 0. The monoisotopic (exact) mass is 357 g/mol. The van der Waals surface area contributed by atoms with Crippen LogP contribution in [0, 0.1) is 17.8 Å². The van der Waals surface area contributed by atoms with Gasteiger partial charge in [0.05, 0.1) is 26.0 Å². The summed E-state index contributed by atoms with van der Waals surface area (Å²) < 4.78 is 12.8. The lowest BCUT2D eigenvalue weighted by Gasteiger charge is -2.37. The van der Waals surface area contributed by atoms with Crippen molar-refractivity contribution in [3.63, 3.8) is 0 Å². The van der Waals surface area contributed by atoms with Crippen molar-refractivity contribution in [2.45, 2.75) is 52.5 Å². The van der Waals surface area contributed by atoms with E-state index in [0.717, 1.165) is 35.1 Å². The van der Waals surface area contributed by atoms with Gasteiger partial charge in [-0.15, -0.1) is 5.10 Å². The molecule has 1 fully saturated rings. The van der Waals surface area contributed by atoms with Gasteiger partial charge in [-0.05, 0) is 48.3 Å². The molecule has 0 amide bonds. The maximum absolute atomic E-state index is 5.40. The van der Waals surface area contributed by atoms with E-state index in [1.165, 1.54) is 19.3 Å². The maximum atomic E-state index is 5.40. The summed E-state index contributed by atoms with van der Waals surface area (Å²) in [6, 6.07) is 6.47. The molecule has 1 aromatic heterocycles. The second-order valence-corrected chi connectivity index (χ2v) is 7.95. The molecule has 1 aliphatic rings. The van der Waals surface area contributed by atoms with Crippen molar-refractivity contribution >= 4 is 0 Å². The molecule has 0 N–H and O–H groups in total. The summed E-state index contributed by atoms with van der Waals surface area (Å²) >= 11 is 0. The Balaban J connectivity index is 1.77. The van der Waals surface area contributed by atoms with Crippen LogP contribution in [0.5, 0.6) is 11.5 Å². The van der Waals surface area contributed by atoms with E-state index in [-0.39, 0.29) is 0 Å². The average molecular weight is 357 g/mol. The molecule has 3 atom stereocenters. The van der Waals surface area contributed by atoms with Gasteiger partial charge in [-0.3, -0.25) is 0 Å². The van der Waals surface area contributed by atoms with Crippen LogP contribution in [0.15, 0.2) is 24.4 Å². The Morgan fingerprint density at radius 1 is 1.15 bits per heavy atom. The van der Waals surface area contributed by atoms with Gasteiger partial charge >= 0.3 is 0 Å². The minimum atomic E-state index is 0.463. The Kier molecular flexibility index (Phi) is 5.84. The molecule has 1 saturated carbocycles. The standard InChI is InChI=1S/C21H31N3O2/c1-14(2)18-8-6-15(3)10-19(18)24-13-17(22-23-24)11-16-7-9-20(25-4)21(12-16)26-5/h7,9,12-15,18-19H,6,8,10-11H2,1-5H3/t15-,18+,19-/m1/s1. The van der Waals surface area contributed by atoms with Gasteiger partial charge in [-0.1, -0.05) is 38.5 Å². The second kappa shape index (κ2) is 8.11. The lowest BCUT2D eigenvalue weighted by atomic mass is 9.74. The summed E-state index contributed by atoms with van der Waals surface area (Å²) in [5.74, 6) is 3.61. The molecule has 26 heavy (non-hydrogen) atoms. The fourth-order valence-corrected chi connectivity index (χ4v) is 4.21. The van der Waals surface area contributed by atoms with Crippen LogP contribution < -0.4 is 9.47 Å². The van der Waals surface area contributed by atoms with Crippen LogP contribution in [-0.2, 0) is 6.42 Å². The van der Waals surface area contributed by atoms with Gasteiger partial charge in [0.15, 0.2) is 11.5 Å². The molecule has 0 spiro atoms. The molecule has 5 heteroatoms. The van der Waals surface area contributed by atoms with Crippen molar-refractivity contribution in [1.29, 1.82) is 0 Å². The number of ether oxygens (including phenoxy) is 2. The Morgan fingerprint density at radius 3 is 2.62 bits per heavy atom. The summed E-state index contributed by atoms with van der Waals surface area (Å²) in [7, 11) is 3.31. The number of nitrogens with zero attached hydrogens (tertiary/aromatic N) is 3. The van der Waals surface area contributed by atoms with Gasteiger partial charge in [0.2, 0.25) is 0 Å². The van der Waals surface area contributed by atoms with Gasteiger partial charge in [0, 0.05) is 12.6 Å². The van der Waals surface area contributed by atoms with Crippen LogP contribution in [0.2, 0.25) is 0 Å². The summed E-state index contributed by atoms with van der Waals surface area (Å²) in [5.41, 5.74) is 2.14. The van der Waals surface area contributed by atoms with Crippen LogP contribution in [0.4, 0.5) is 0 Å². The second-order valence-electron chi connectivity index (χ2n) is 7.95. The number of benzene rings is 1. The molecule has 1 aliphatic carbocycles. The molecule has 3 rings (SSSR count). The molecule has 5 nitrogen and oxygen atoms in total. The first-order valence-corrected chi connectivity index (χ1v) is 9.63.